The van der Waals surface area contributed by atoms with Gasteiger partial charge in [0.15, 0.2) is 0 Å². The van der Waals surface area contributed by atoms with Crippen LogP contribution in [0.3, 0.4) is 0 Å². The molecular weight excluding hydrogens is 438 g/mol. The van der Waals surface area contributed by atoms with Crippen LogP contribution in [0.2, 0.25) is 5.02 Å². The summed E-state index contributed by atoms with van der Waals surface area (Å²) in [7, 11) is -1.02. The highest BCUT2D eigenvalue weighted by atomic mass is 35.5. The summed E-state index contributed by atoms with van der Waals surface area (Å²) < 4.78 is 26.7. The zero-order valence-electron chi connectivity index (χ0n) is 17.9. The first-order chi connectivity index (χ1) is 14.7. The predicted molar refractivity (Wildman–Crippen MR) is 121 cm³/mol. The summed E-state index contributed by atoms with van der Waals surface area (Å²) in [5, 5.41) is 3.00. The Morgan fingerprint density at radius 2 is 1.68 bits per heavy atom. The van der Waals surface area contributed by atoms with Crippen LogP contribution in [0.5, 0.6) is 0 Å². The van der Waals surface area contributed by atoms with Gasteiger partial charge in [-0.2, -0.15) is 4.31 Å². The van der Waals surface area contributed by atoms with Gasteiger partial charge in [0.2, 0.25) is 21.8 Å². The van der Waals surface area contributed by atoms with Crippen molar-refractivity contribution in [1.29, 1.82) is 0 Å². The number of hydrogen-bond donors (Lipinski definition) is 1. The van der Waals surface area contributed by atoms with Gasteiger partial charge in [-0.05, 0) is 42.7 Å². The standard InChI is InChI=1S/C22H28ClN3O4S/c1-4-20(22(28)24-2)26(15-14-17-8-6-5-7-9-17)21(27)16-25(3)31(29,30)19-12-10-18(23)11-13-19/h5-13,20H,4,14-16H2,1-3H3,(H,24,28)/t20-/m1/s1. The number of carbonyl (C=O) groups excluding carboxylic acids is 2. The first-order valence-corrected chi connectivity index (χ1v) is 11.8. The van der Waals surface area contributed by atoms with Gasteiger partial charge >= 0.3 is 0 Å². The lowest BCUT2D eigenvalue weighted by molar-refractivity contribution is -0.140. The lowest BCUT2D eigenvalue weighted by Gasteiger charge is -2.31. The smallest absolute Gasteiger partial charge is 0.243 e. The highest BCUT2D eigenvalue weighted by Crippen LogP contribution is 2.18. The SMILES string of the molecule is CC[C@H](C(=O)NC)N(CCc1ccccc1)C(=O)CN(C)S(=O)(=O)c1ccc(Cl)cc1. The number of sulfonamides is 1. The molecule has 1 N–H and O–H groups in total. The van der Waals surface area contributed by atoms with Crippen molar-refractivity contribution in [2.45, 2.75) is 30.7 Å². The Kier molecular flexibility index (Phi) is 9.03. The normalized spacial score (nSPS) is 12.4. The molecule has 2 aromatic rings. The highest BCUT2D eigenvalue weighted by molar-refractivity contribution is 7.89. The summed E-state index contributed by atoms with van der Waals surface area (Å²) in [4.78, 5) is 27.0. The molecule has 7 nitrogen and oxygen atoms in total. The van der Waals surface area contributed by atoms with Crippen LogP contribution in [-0.2, 0) is 26.0 Å². The molecule has 1 atom stereocenters. The van der Waals surface area contributed by atoms with Crippen LogP contribution in [0.15, 0.2) is 59.5 Å². The largest absolute Gasteiger partial charge is 0.357 e. The summed E-state index contributed by atoms with van der Waals surface area (Å²) in [5.74, 6) is -0.724. The molecule has 168 valence electrons. The quantitative estimate of drug-likeness (QED) is 0.584. The molecule has 0 saturated carbocycles. The number of halogens is 1. The third-order valence-corrected chi connectivity index (χ3v) is 7.07. The van der Waals surface area contributed by atoms with Crippen LogP contribution in [0.4, 0.5) is 0 Å². The fourth-order valence-electron chi connectivity index (χ4n) is 3.22. The van der Waals surface area contributed by atoms with Crippen molar-refractivity contribution in [1.82, 2.24) is 14.5 Å². The second kappa shape index (κ2) is 11.3. The molecule has 0 heterocycles. The first kappa shape index (κ1) is 24.8. The Hall–Kier alpha value is -2.42. The number of hydrogen-bond acceptors (Lipinski definition) is 4. The molecule has 0 saturated heterocycles. The zero-order valence-corrected chi connectivity index (χ0v) is 19.5. The summed E-state index contributed by atoms with van der Waals surface area (Å²) in [6.07, 6.45) is 0.960. The fraction of sp³-hybridized carbons (Fsp3) is 0.364. The van der Waals surface area contributed by atoms with Gasteiger partial charge < -0.3 is 10.2 Å². The van der Waals surface area contributed by atoms with Crippen molar-refractivity contribution in [3.8, 4) is 0 Å². The lowest BCUT2D eigenvalue weighted by Crippen LogP contribution is -2.52. The molecule has 31 heavy (non-hydrogen) atoms. The average Bonchev–Trinajstić information content (AvgIpc) is 2.76. The van der Waals surface area contributed by atoms with Crippen molar-refractivity contribution in [3.63, 3.8) is 0 Å². The summed E-state index contributed by atoms with van der Waals surface area (Å²) >= 11 is 5.84. The number of rotatable bonds is 10. The molecule has 0 bridgehead atoms. The molecule has 0 aliphatic heterocycles. The van der Waals surface area contributed by atoms with Crippen LogP contribution in [-0.4, -0.2) is 62.7 Å². The molecule has 2 aromatic carbocycles. The van der Waals surface area contributed by atoms with Crippen LogP contribution in [0.25, 0.3) is 0 Å². The van der Waals surface area contributed by atoms with Gasteiger partial charge in [0, 0.05) is 25.7 Å². The molecule has 2 rings (SSSR count). The number of benzene rings is 2. The predicted octanol–water partition coefficient (Wildman–Crippen LogP) is 2.56. The Morgan fingerprint density at radius 3 is 2.23 bits per heavy atom. The van der Waals surface area contributed by atoms with Crippen LogP contribution in [0.1, 0.15) is 18.9 Å². The zero-order chi connectivity index (χ0) is 23.0. The number of nitrogens with one attached hydrogen (secondary N) is 1. The average molecular weight is 466 g/mol. The molecule has 0 spiro atoms. The molecule has 0 aromatic heterocycles. The summed E-state index contributed by atoms with van der Waals surface area (Å²) in [6.45, 7) is 1.73. The van der Waals surface area contributed by atoms with E-state index < -0.39 is 22.0 Å². The van der Waals surface area contributed by atoms with Gasteiger partial charge in [0.25, 0.3) is 0 Å². The minimum absolute atomic E-state index is 0.0429. The summed E-state index contributed by atoms with van der Waals surface area (Å²) in [5.41, 5.74) is 1.02. The van der Waals surface area contributed by atoms with E-state index in [1.807, 2.05) is 37.3 Å². The molecule has 0 fully saturated rings. The van der Waals surface area contributed by atoms with Gasteiger partial charge in [-0.15, -0.1) is 0 Å². The van der Waals surface area contributed by atoms with Gasteiger partial charge in [0.05, 0.1) is 11.4 Å². The number of nitrogens with zero attached hydrogens (tertiary/aromatic N) is 2. The maximum Gasteiger partial charge on any atom is 0.243 e. The van der Waals surface area contributed by atoms with Crippen LogP contribution < -0.4 is 5.32 Å². The number of likely N-dealkylation sites (N-methyl/N-ethyl adjacent to an activating group) is 2. The maximum absolute atomic E-state index is 13.1. The van der Waals surface area contributed by atoms with E-state index in [4.69, 9.17) is 11.6 Å². The molecule has 0 aliphatic rings. The lowest BCUT2D eigenvalue weighted by atomic mass is 10.1. The molecule has 2 amide bonds. The Labute approximate surface area is 189 Å². The van der Waals surface area contributed by atoms with E-state index in [1.165, 1.54) is 43.3 Å². The van der Waals surface area contributed by atoms with Crippen molar-refractivity contribution in [2.24, 2.45) is 0 Å². The molecule has 9 heteroatoms. The van der Waals surface area contributed by atoms with Gasteiger partial charge in [-0.1, -0.05) is 48.9 Å². The Balaban J connectivity index is 2.22. The van der Waals surface area contributed by atoms with Crippen molar-refractivity contribution >= 4 is 33.4 Å². The van der Waals surface area contributed by atoms with Crippen LogP contribution >= 0.6 is 11.6 Å². The van der Waals surface area contributed by atoms with E-state index in [2.05, 4.69) is 5.32 Å². The van der Waals surface area contributed by atoms with E-state index in [9.17, 15) is 18.0 Å². The third kappa shape index (κ3) is 6.53. The molecule has 0 aliphatic carbocycles. The Bertz CT molecular complexity index is 982. The van der Waals surface area contributed by atoms with Crippen LogP contribution in [0, 0.1) is 0 Å². The molecule has 0 radical (unpaired) electrons. The van der Waals surface area contributed by atoms with Crippen molar-refractivity contribution < 1.29 is 18.0 Å². The fourth-order valence-corrected chi connectivity index (χ4v) is 4.46. The monoisotopic (exact) mass is 465 g/mol. The van der Waals surface area contributed by atoms with Gasteiger partial charge in [-0.25, -0.2) is 8.42 Å². The van der Waals surface area contributed by atoms with E-state index in [0.717, 1.165) is 9.87 Å². The molecular formula is C22H28ClN3O4S. The van der Waals surface area contributed by atoms with Gasteiger partial charge in [-0.3, -0.25) is 9.59 Å². The van der Waals surface area contributed by atoms with E-state index in [-0.39, 0.29) is 17.3 Å². The maximum atomic E-state index is 13.1. The van der Waals surface area contributed by atoms with E-state index in [0.29, 0.717) is 24.4 Å². The minimum Gasteiger partial charge on any atom is -0.357 e. The third-order valence-electron chi connectivity index (χ3n) is 5.00. The number of amides is 2. The molecule has 0 unspecified atom stereocenters. The van der Waals surface area contributed by atoms with Gasteiger partial charge in [0.1, 0.15) is 6.04 Å². The first-order valence-electron chi connectivity index (χ1n) is 9.97. The van der Waals surface area contributed by atoms with Crippen molar-refractivity contribution in [2.75, 3.05) is 27.2 Å². The second-order valence-electron chi connectivity index (χ2n) is 7.08. The Morgan fingerprint density at radius 1 is 1.06 bits per heavy atom. The van der Waals surface area contributed by atoms with E-state index >= 15 is 0 Å². The second-order valence-corrected chi connectivity index (χ2v) is 9.56. The van der Waals surface area contributed by atoms with Crippen molar-refractivity contribution in [3.05, 3.63) is 65.2 Å². The summed E-state index contributed by atoms with van der Waals surface area (Å²) in [6, 6.07) is 14.7. The highest BCUT2D eigenvalue weighted by Gasteiger charge is 2.31. The minimum atomic E-state index is -3.88. The number of carbonyl (C=O) groups is 2. The topological polar surface area (TPSA) is 86.8 Å². The van der Waals surface area contributed by atoms with E-state index in [1.54, 1.807) is 0 Å².